The van der Waals surface area contributed by atoms with E-state index in [9.17, 15) is 4.79 Å². The summed E-state index contributed by atoms with van der Waals surface area (Å²) < 4.78 is 0. The highest BCUT2D eigenvalue weighted by Gasteiger charge is 2.35. The Kier molecular flexibility index (Phi) is 4.39. The average Bonchev–Trinajstić information content (AvgIpc) is 2.63. The molecular formula is C18H27N5O. The van der Waals surface area contributed by atoms with Crippen molar-refractivity contribution in [1.82, 2.24) is 20.2 Å². The van der Waals surface area contributed by atoms with Gasteiger partial charge in [-0.25, -0.2) is 9.97 Å². The molecule has 4 saturated heterocycles. The highest BCUT2D eigenvalue weighted by molar-refractivity contribution is 5.92. The van der Waals surface area contributed by atoms with Gasteiger partial charge >= 0.3 is 0 Å². The lowest BCUT2D eigenvalue weighted by Gasteiger charge is -2.44. The van der Waals surface area contributed by atoms with Gasteiger partial charge in [-0.2, -0.15) is 0 Å². The number of hydrogen-bond acceptors (Lipinski definition) is 5. The zero-order valence-corrected chi connectivity index (χ0v) is 14.5. The molecule has 1 N–H and O–H groups in total. The Labute approximate surface area is 143 Å². The molecule has 1 unspecified atom stereocenters. The predicted molar refractivity (Wildman–Crippen MR) is 93.3 cm³/mol. The molecule has 130 valence electrons. The molecule has 4 aliphatic heterocycles. The van der Waals surface area contributed by atoms with Crippen molar-refractivity contribution in [2.45, 2.75) is 45.1 Å². The first-order valence-corrected chi connectivity index (χ1v) is 9.33. The number of aromatic nitrogens is 2. The number of carbonyl (C=O) groups excluding carboxylic acids is 1. The van der Waals surface area contributed by atoms with E-state index >= 15 is 0 Å². The summed E-state index contributed by atoms with van der Waals surface area (Å²) in [6.07, 6.45) is 6.03. The van der Waals surface area contributed by atoms with Crippen LogP contribution < -0.4 is 10.2 Å². The van der Waals surface area contributed by atoms with Gasteiger partial charge in [0.25, 0.3) is 5.91 Å². The number of nitrogens with one attached hydrogen (secondary N) is 1. The van der Waals surface area contributed by atoms with Gasteiger partial charge < -0.3 is 15.1 Å². The topological polar surface area (TPSA) is 61.4 Å². The smallest absolute Gasteiger partial charge is 0.270 e. The minimum absolute atomic E-state index is 0.0440. The summed E-state index contributed by atoms with van der Waals surface area (Å²) >= 11 is 0. The average molecular weight is 329 g/mol. The van der Waals surface area contributed by atoms with E-state index in [4.69, 9.17) is 0 Å². The molecule has 1 amide bonds. The van der Waals surface area contributed by atoms with Crippen LogP contribution in [-0.2, 0) is 0 Å². The summed E-state index contributed by atoms with van der Waals surface area (Å²) in [5.41, 5.74) is 1.38. The van der Waals surface area contributed by atoms with Gasteiger partial charge in [-0.05, 0) is 64.1 Å². The van der Waals surface area contributed by atoms with Crippen LogP contribution in [0.4, 0.5) is 5.95 Å². The molecule has 0 aliphatic carbocycles. The Morgan fingerprint density at radius 3 is 2.54 bits per heavy atom. The molecule has 6 nitrogen and oxygen atoms in total. The van der Waals surface area contributed by atoms with Crippen molar-refractivity contribution in [3.8, 4) is 0 Å². The van der Waals surface area contributed by atoms with Gasteiger partial charge in [0.1, 0.15) is 5.69 Å². The van der Waals surface area contributed by atoms with Gasteiger partial charge in [0.15, 0.2) is 0 Å². The first-order chi connectivity index (χ1) is 11.7. The number of aryl methyl sites for hydroxylation is 1. The highest BCUT2D eigenvalue weighted by atomic mass is 16.2. The van der Waals surface area contributed by atoms with Crippen LogP contribution in [0, 0.1) is 12.8 Å². The van der Waals surface area contributed by atoms with Crippen LogP contribution >= 0.6 is 0 Å². The first kappa shape index (κ1) is 15.8. The zero-order valence-electron chi connectivity index (χ0n) is 14.5. The third kappa shape index (κ3) is 3.24. The Hall–Kier alpha value is -1.69. The van der Waals surface area contributed by atoms with Crippen LogP contribution in [0.15, 0.2) is 6.07 Å². The van der Waals surface area contributed by atoms with Crippen LogP contribution in [0.2, 0.25) is 0 Å². The lowest BCUT2D eigenvalue weighted by molar-refractivity contribution is 0.0617. The van der Waals surface area contributed by atoms with Gasteiger partial charge in [-0.3, -0.25) is 4.79 Å². The Balaban J connectivity index is 1.48. The molecule has 4 aliphatic rings. The van der Waals surface area contributed by atoms with E-state index in [1.165, 1.54) is 45.2 Å². The molecule has 2 bridgehead atoms. The van der Waals surface area contributed by atoms with Gasteiger partial charge in [0, 0.05) is 31.4 Å². The van der Waals surface area contributed by atoms with Crippen LogP contribution in [-0.4, -0.2) is 59.5 Å². The fourth-order valence-corrected chi connectivity index (χ4v) is 4.28. The first-order valence-electron chi connectivity index (χ1n) is 9.33. The van der Waals surface area contributed by atoms with Crippen molar-refractivity contribution >= 4 is 11.9 Å². The number of anilines is 1. The maximum absolute atomic E-state index is 12.7. The quantitative estimate of drug-likeness (QED) is 0.913. The standard InChI is InChI=1S/C18H27N5O/c1-13-11-15(21-18(19-13)23-7-3-2-4-8-23)17(24)20-16-12-22-9-5-14(16)6-10-22/h11,14,16H,2-10,12H2,1H3,(H,20,24). The van der Waals surface area contributed by atoms with E-state index < -0.39 is 0 Å². The fourth-order valence-electron chi connectivity index (χ4n) is 4.28. The maximum Gasteiger partial charge on any atom is 0.270 e. The Morgan fingerprint density at radius 2 is 1.88 bits per heavy atom. The number of hydrogen-bond donors (Lipinski definition) is 1. The maximum atomic E-state index is 12.7. The molecule has 1 aromatic rings. The van der Waals surface area contributed by atoms with E-state index in [-0.39, 0.29) is 11.9 Å². The Bertz CT molecular complexity index is 605. The molecule has 6 heteroatoms. The lowest BCUT2D eigenvalue weighted by Crippen LogP contribution is -2.57. The van der Waals surface area contributed by atoms with Crippen LogP contribution in [0.25, 0.3) is 0 Å². The van der Waals surface area contributed by atoms with Crippen molar-refractivity contribution in [3.05, 3.63) is 17.5 Å². The van der Waals surface area contributed by atoms with Crippen LogP contribution in [0.5, 0.6) is 0 Å². The van der Waals surface area contributed by atoms with Crippen molar-refractivity contribution in [3.63, 3.8) is 0 Å². The predicted octanol–water partition coefficient (Wildman–Crippen LogP) is 1.60. The molecule has 0 aromatic carbocycles. The van der Waals surface area contributed by atoms with Crippen molar-refractivity contribution in [1.29, 1.82) is 0 Å². The molecule has 1 aromatic heterocycles. The summed E-state index contributed by atoms with van der Waals surface area (Å²) in [5, 5.41) is 3.23. The Morgan fingerprint density at radius 1 is 1.12 bits per heavy atom. The second-order valence-electron chi connectivity index (χ2n) is 7.46. The largest absolute Gasteiger partial charge is 0.346 e. The molecule has 5 heterocycles. The minimum Gasteiger partial charge on any atom is -0.346 e. The van der Waals surface area contributed by atoms with E-state index in [0.29, 0.717) is 17.6 Å². The highest BCUT2D eigenvalue weighted by Crippen LogP contribution is 2.27. The van der Waals surface area contributed by atoms with E-state index in [0.717, 1.165) is 25.3 Å². The van der Waals surface area contributed by atoms with Crippen LogP contribution in [0.1, 0.15) is 48.3 Å². The number of fused-ring (bicyclic) bond motifs is 3. The summed E-state index contributed by atoms with van der Waals surface area (Å²) in [7, 11) is 0. The van der Waals surface area contributed by atoms with E-state index in [2.05, 4.69) is 25.1 Å². The van der Waals surface area contributed by atoms with Crippen molar-refractivity contribution in [2.75, 3.05) is 37.6 Å². The number of carbonyl (C=O) groups is 1. The zero-order chi connectivity index (χ0) is 16.5. The summed E-state index contributed by atoms with van der Waals surface area (Å²) in [4.78, 5) is 26.5. The van der Waals surface area contributed by atoms with Gasteiger partial charge in [-0.15, -0.1) is 0 Å². The minimum atomic E-state index is -0.0440. The van der Waals surface area contributed by atoms with Crippen molar-refractivity contribution < 1.29 is 4.79 Å². The van der Waals surface area contributed by atoms with Gasteiger partial charge in [-0.1, -0.05) is 0 Å². The van der Waals surface area contributed by atoms with Gasteiger partial charge in [0.2, 0.25) is 5.95 Å². The molecule has 4 fully saturated rings. The lowest BCUT2D eigenvalue weighted by atomic mass is 9.84. The molecule has 0 saturated carbocycles. The fraction of sp³-hybridized carbons (Fsp3) is 0.722. The number of nitrogens with zero attached hydrogens (tertiary/aromatic N) is 4. The summed E-state index contributed by atoms with van der Waals surface area (Å²) in [5.74, 6) is 1.30. The third-order valence-electron chi connectivity index (χ3n) is 5.69. The van der Waals surface area contributed by atoms with E-state index in [1.807, 2.05) is 13.0 Å². The second kappa shape index (κ2) is 6.67. The normalized spacial score (nSPS) is 29.5. The second-order valence-corrected chi connectivity index (χ2v) is 7.46. The molecule has 24 heavy (non-hydrogen) atoms. The number of amides is 1. The summed E-state index contributed by atoms with van der Waals surface area (Å²) in [6.45, 7) is 7.28. The SMILES string of the molecule is Cc1cc(C(=O)NC2CN3CCC2CC3)nc(N2CCCCC2)n1. The molecular weight excluding hydrogens is 302 g/mol. The summed E-state index contributed by atoms with van der Waals surface area (Å²) in [6, 6.07) is 2.08. The third-order valence-corrected chi connectivity index (χ3v) is 5.69. The van der Waals surface area contributed by atoms with Crippen molar-refractivity contribution in [2.24, 2.45) is 5.92 Å². The monoisotopic (exact) mass is 329 g/mol. The molecule has 1 atom stereocenters. The molecule has 5 rings (SSSR count). The van der Waals surface area contributed by atoms with Crippen LogP contribution in [0.3, 0.4) is 0 Å². The number of rotatable bonds is 3. The van der Waals surface area contributed by atoms with Gasteiger partial charge in [0.05, 0.1) is 0 Å². The van der Waals surface area contributed by atoms with E-state index in [1.54, 1.807) is 0 Å². The molecule has 0 spiro atoms. The number of piperidine rings is 4. The molecule has 0 radical (unpaired) electrons.